The number of benzene rings is 1. The van der Waals surface area contributed by atoms with Gasteiger partial charge in [0, 0.05) is 18.8 Å². The Morgan fingerprint density at radius 1 is 1.23 bits per heavy atom. The third-order valence-electron chi connectivity index (χ3n) is 5.92. The van der Waals surface area contributed by atoms with Gasteiger partial charge in [0.25, 0.3) is 0 Å². The molecule has 30 heavy (non-hydrogen) atoms. The van der Waals surface area contributed by atoms with E-state index in [1.54, 1.807) is 14.3 Å². The van der Waals surface area contributed by atoms with Crippen LogP contribution in [-0.4, -0.2) is 48.7 Å². The first-order valence-corrected chi connectivity index (χ1v) is 9.85. The molecular weight excluding hydrogens is 397 g/mol. The van der Waals surface area contributed by atoms with Crippen LogP contribution in [0.3, 0.4) is 0 Å². The van der Waals surface area contributed by atoms with Crippen molar-refractivity contribution in [3.05, 3.63) is 40.7 Å². The zero-order valence-corrected chi connectivity index (χ0v) is 17.1. The molecule has 1 aliphatic heterocycles. The summed E-state index contributed by atoms with van der Waals surface area (Å²) >= 11 is 0. The van der Waals surface area contributed by atoms with Crippen molar-refractivity contribution in [1.29, 1.82) is 0 Å². The number of aromatic nitrogens is 5. The fraction of sp³-hybridized carbons (Fsp3) is 0.500. The van der Waals surface area contributed by atoms with Gasteiger partial charge in [-0.05, 0) is 57.4 Å². The molecule has 3 aromatic rings. The first-order valence-electron chi connectivity index (χ1n) is 9.85. The molecule has 0 aliphatic carbocycles. The molecule has 0 saturated carbocycles. The predicted octanol–water partition coefficient (Wildman–Crippen LogP) is 3.44. The van der Waals surface area contributed by atoms with Crippen molar-refractivity contribution in [2.75, 3.05) is 13.1 Å². The number of rotatable bonds is 3. The highest BCUT2D eigenvalue weighted by Gasteiger charge is 2.32. The monoisotopic (exact) mass is 420 g/mol. The number of alkyl halides is 3. The molecule has 1 aromatic carbocycles. The molecule has 4 rings (SSSR count). The molecule has 0 unspecified atom stereocenters. The molecule has 3 heterocycles. The molecule has 0 spiro atoms. The van der Waals surface area contributed by atoms with Crippen LogP contribution in [0.25, 0.3) is 11.0 Å². The van der Waals surface area contributed by atoms with Crippen LogP contribution < -0.4 is 0 Å². The number of fused-ring (bicyclic) bond motifs is 1. The number of carbonyl (C=O) groups excluding carboxylic acids is 1. The molecule has 0 bridgehead atoms. The lowest BCUT2D eigenvalue weighted by atomic mass is 10.1. The topological polar surface area (TPSA) is 68.8 Å². The third kappa shape index (κ3) is 3.66. The Labute approximate surface area is 171 Å². The summed E-state index contributed by atoms with van der Waals surface area (Å²) in [6, 6.07) is 3.32. The van der Waals surface area contributed by atoms with Crippen LogP contribution in [0.15, 0.2) is 18.2 Å². The van der Waals surface area contributed by atoms with Gasteiger partial charge < -0.3 is 4.90 Å². The summed E-state index contributed by atoms with van der Waals surface area (Å²) in [7, 11) is 0. The Morgan fingerprint density at radius 3 is 2.67 bits per heavy atom. The van der Waals surface area contributed by atoms with E-state index in [4.69, 9.17) is 0 Å². The van der Waals surface area contributed by atoms with Crippen LogP contribution in [0, 0.1) is 20.8 Å². The largest absolute Gasteiger partial charge is 0.416 e. The first-order chi connectivity index (χ1) is 14.1. The first kappa shape index (κ1) is 20.4. The van der Waals surface area contributed by atoms with E-state index < -0.39 is 11.7 Å². The molecule has 2 aromatic heterocycles. The summed E-state index contributed by atoms with van der Waals surface area (Å²) in [5.74, 6) is -0.0333. The predicted molar refractivity (Wildman–Crippen MR) is 104 cm³/mol. The number of hydrogen-bond acceptors (Lipinski definition) is 4. The van der Waals surface area contributed by atoms with E-state index >= 15 is 0 Å². The number of hydrogen-bond donors (Lipinski definition) is 0. The molecule has 1 aliphatic rings. The number of halogens is 3. The molecule has 0 radical (unpaired) electrons. The third-order valence-corrected chi connectivity index (χ3v) is 5.92. The van der Waals surface area contributed by atoms with Gasteiger partial charge >= 0.3 is 6.18 Å². The van der Waals surface area contributed by atoms with E-state index in [2.05, 4.69) is 15.4 Å². The van der Waals surface area contributed by atoms with E-state index in [0.717, 1.165) is 41.9 Å². The van der Waals surface area contributed by atoms with Crippen LogP contribution in [0.5, 0.6) is 0 Å². The lowest BCUT2D eigenvalue weighted by molar-refractivity contribution is -0.137. The number of likely N-dealkylation sites (tertiary alicyclic amines) is 1. The van der Waals surface area contributed by atoms with Crippen LogP contribution in [-0.2, 0) is 17.5 Å². The van der Waals surface area contributed by atoms with Gasteiger partial charge in [-0.3, -0.25) is 9.48 Å². The fourth-order valence-corrected chi connectivity index (χ4v) is 3.94. The van der Waals surface area contributed by atoms with Gasteiger partial charge in [-0.1, -0.05) is 5.21 Å². The SMILES string of the molecule is Cc1nn(CC(=O)N2CCC[C@H](n3nnc4cc(C(F)(F)F)ccc43)C2)c(C)c1C. The zero-order valence-electron chi connectivity index (χ0n) is 17.1. The quantitative estimate of drug-likeness (QED) is 0.651. The van der Waals surface area contributed by atoms with Gasteiger partial charge in [-0.25, -0.2) is 4.68 Å². The van der Waals surface area contributed by atoms with Gasteiger partial charge in [-0.15, -0.1) is 5.10 Å². The Hall–Kier alpha value is -2.91. The zero-order chi connectivity index (χ0) is 21.6. The minimum absolute atomic E-state index is 0.0333. The van der Waals surface area contributed by atoms with Gasteiger partial charge in [-0.2, -0.15) is 18.3 Å². The van der Waals surface area contributed by atoms with Gasteiger partial charge in [0.15, 0.2) is 0 Å². The van der Waals surface area contributed by atoms with E-state index in [9.17, 15) is 18.0 Å². The van der Waals surface area contributed by atoms with E-state index in [0.29, 0.717) is 18.6 Å². The number of amides is 1. The average Bonchev–Trinajstić information content (AvgIpc) is 3.24. The fourth-order valence-electron chi connectivity index (χ4n) is 3.94. The number of piperidine rings is 1. The highest BCUT2D eigenvalue weighted by molar-refractivity contribution is 5.77. The van der Waals surface area contributed by atoms with Crippen molar-refractivity contribution in [3.8, 4) is 0 Å². The smallest absolute Gasteiger partial charge is 0.339 e. The second kappa shape index (κ2) is 7.41. The number of carbonyl (C=O) groups is 1. The molecule has 1 atom stereocenters. The standard InChI is InChI=1S/C20H23F3N6O/c1-12-13(2)25-28(14(12)3)11-19(30)27-8-4-5-16(10-27)29-18-7-6-15(20(21,22)23)9-17(18)24-26-29/h6-7,9,16H,4-5,8,10-11H2,1-3H3/t16-/m0/s1. The maximum absolute atomic E-state index is 12.9. The van der Waals surface area contributed by atoms with Crippen molar-refractivity contribution in [2.24, 2.45) is 0 Å². The van der Waals surface area contributed by atoms with E-state index in [-0.39, 0.29) is 24.0 Å². The second-order valence-corrected chi connectivity index (χ2v) is 7.82. The lowest BCUT2D eigenvalue weighted by Crippen LogP contribution is -2.42. The molecule has 1 saturated heterocycles. The minimum Gasteiger partial charge on any atom is -0.339 e. The Balaban J connectivity index is 1.52. The minimum atomic E-state index is -4.42. The normalized spacial score (nSPS) is 17.7. The van der Waals surface area contributed by atoms with E-state index in [1.807, 2.05) is 20.8 Å². The van der Waals surface area contributed by atoms with Crippen LogP contribution in [0.2, 0.25) is 0 Å². The number of nitrogens with zero attached hydrogens (tertiary/aromatic N) is 6. The highest BCUT2D eigenvalue weighted by atomic mass is 19.4. The van der Waals surface area contributed by atoms with Crippen molar-refractivity contribution in [2.45, 2.75) is 52.4 Å². The van der Waals surface area contributed by atoms with E-state index in [1.165, 1.54) is 6.07 Å². The van der Waals surface area contributed by atoms with Gasteiger partial charge in [0.2, 0.25) is 5.91 Å². The molecular formula is C20H23F3N6O. The molecule has 1 fully saturated rings. The highest BCUT2D eigenvalue weighted by Crippen LogP contribution is 2.32. The lowest BCUT2D eigenvalue weighted by Gasteiger charge is -2.33. The van der Waals surface area contributed by atoms with Crippen molar-refractivity contribution < 1.29 is 18.0 Å². The summed E-state index contributed by atoms with van der Waals surface area (Å²) in [5.41, 5.74) is 2.94. The maximum Gasteiger partial charge on any atom is 0.416 e. The Bertz CT molecular complexity index is 1100. The van der Waals surface area contributed by atoms with Crippen molar-refractivity contribution >= 4 is 16.9 Å². The Morgan fingerprint density at radius 2 is 2.00 bits per heavy atom. The molecule has 0 N–H and O–H groups in total. The molecule has 1 amide bonds. The van der Waals surface area contributed by atoms with Crippen LogP contribution >= 0.6 is 0 Å². The molecule has 10 heteroatoms. The summed E-state index contributed by atoms with van der Waals surface area (Å²) < 4.78 is 42.2. The molecule has 7 nitrogen and oxygen atoms in total. The summed E-state index contributed by atoms with van der Waals surface area (Å²) in [5, 5.41) is 12.5. The number of aryl methyl sites for hydroxylation is 1. The average molecular weight is 420 g/mol. The Kier molecular flexibility index (Phi) is 5.03. The summed E-state index contributed by atoms with van der Waals surface area (Å²) in [4.78, 5) is 14.6. The summed E-state index contributed by atoms with van der Waals surface area (Å²) in [6.45, 7) is 7.09. The van der Waals surface area contributed by atoms with Gasteiger partial charge in [0.05, 0.1) is 22.8 Å². The van der Waals surface area contributed by atoms with Crippen LogP contribution in [0.4, 0.5) is 13.2 Å². The van der Waals surface area contributed by atoms with Crippen molar-refractivity contribution in [1.82, 2.24) is 29.7 Å². The van der Waals surface area contributed by atoms with Gasteiger partial charge in [0.1, 0.15) is 12.1 Å². The van der Waals surface area contributed by atoms with Crippen molar-refractivity contribution in [3.63, 3.8) is 0 Å². The second-order valence-electron chi connectivity index (χ2n) is 7.82. The maximum atomic E-state index is 12.9. The van der Waals surface area contributed by atoms with Crippen LogP contribution in [0.1, 0.15) is 41.4 Å². The molecule has 160 valence electrons. The summed E-state index contributed by atoms with van der Waals surface area (Å²) in [6.07, 6.45) is -2.86.